The van der Waals surface area contributed by atoms with Crippen LogP contribution in [0.2, 0.25) is 0 Å². The molecule has 0 bridgehead atoms. The molecule has 0 saturated carbocycles. The zero-order valence-electron chi connectivity index (χ0n) is 29.9. The van der Waals surface area contributed by atoms with Gasteiger partial charge in [-0.15, -0.1) is 0 Å². The summed E-state index contributed by atoms with van der Waals surface area (Å²) >= 11 is 0. The maximum Gasteiger partial charge on any atom is 0.315 e. The van der Waals surface area contributed by atoms with E-state index in [1.54, 1.807) is 84.9 Å². The average Bonchev–Trinajstić information content (AvgIpc) is 3.10. The molecule has 0 aliphatic heterocycles. The molecule has 16 heteroatoms. The van der Waals surface area contributed by atoms with E-state index in [1.807, 2.05) is 0 Å². The fourth-order valence-corrected chi connectivity index (χ4v) is 3.97. The molecule has 3 aromatic carbocycles. The molecule has 16 nitrogen and oxygen atoms in total. The van der Waals surface area contributed by atoms with Gasteiger partial charge in [0.05, 0.1) is 51.8 Å². The molecular formula is C35H45N3O13. The molecule has 0 aromatic heterocycles. The number of nitro groups is 3. The van der Waals surface area contributed by atoms with Gasteiger partial charge in [0.2, 0.25) is 0 Å². The summed E-state index contributed by atoms with van der Waals surface area (Å²) in [6.45, 7) is 13.1. The highest BCUT2D eigenvalue weighted by atomic mass is 16.6. The van der Waals surface area contributed by atoms with Gasteiger partial charge >= 0.3 is 17.9 Å². The number of nitrogens with zero attached hydrogens (tertiary/aromatic N) is 3. The first kappa shape index (κ1) is 45.2. The van der Waals surface area contributed by atoms with Crippen molar-refractivity contribution in [1.29, 1.82) is 0 Å². The number of esters is 3. The number of carbonyl (C=O) groups is 3. The Morgan fingerprint density at radius 2 is 0.824 bits per heavy atom. The van der Waals surface area contributed by atoms with E-state index in [0.717, 1.165) is 7.11 Å². The van der Waals surface area contributed by atoms with Crippen LogP contribution in [0.15, 0.2) is 72.8 Å². The van der Waals surface area contributed by atoms with Gasteiger partial charge in [-0.1, -0.05) is 36.4 Å². The van der Waals surface area contributed by atoms with Crippen LogP contribution >= 0.6 is 0 Å². The summed E-state index contributed by atoms with van der Waals surface area (Å²) in [6, 6.07) is 17.7. The van der Waals surface area contributed by atoms with Crippen LogP contribution in [0.4, 0.5) is 17.1 Å². The third-order valence-corrected chi connectivity index (χ3v) is 6.97. The summed E-state index contributed by atoms with van der Waals surface area (Å²) < 4.78 is 14.7. The second kappa shape index (κ2) is 22.0. The highest BCUT2D eigenvalue weighted by Crippen LogP contribution is 2.27. The first-order valence-corrected chi connectivity index (χ1v) is 15.6. The third-order valence-electron chi connectivity index (χ3n) is 6.97. The standard InChI is InChI=1S/2C12H15NO4.C10H11NO4.CH4O/c2*1-4-17-11(14)12(2,3)9-5-7-10(8-6-9)13(15)16;1-2-15-10(12)7-8-3-5-9(6-4-8)11(13)14;1-2/h2*5-8H,4H2,1-3H3;3-6H,2,7H2,1H3;2H,1H3. The minimum Gasteiger partial charge on any atom is -0.466 e. The Morgan fingerprint density at radius 1 is 0.549 bits per heavy atom. The number of nitro benzene ring substituents is 3. The van der Waals surface area contributed by atoms with Crippen LogP contribution < -0.4 is 0 Å². The second-order valence-corrected chi connectivity index (χ2v) is 11.2. The van der Waals surface area contributed by atoms with Crippen molar-refractivity contribution in [1.82, 2.24) is 0 Å². The van der Waals surface area contributed by atoms with E-state index < -0.39 is 25.6 Å². The topological polar surface area (TPSA) is 229 Å². The zero-order chi connectivity index (χ0) is 39.4. The number of hydrogen-bond donors (Lipinski definition) is 1. The zero-order valence-corrected chi connectivity index (χ0v) is 29.9. The van der Waals surface area contributed by atoms with E-state index in [9.17, 15) is 44.7 Å². The molecule has 0 saturated heterocycles. The molecule has 0 aliphatic carbocycles. The van der Waals surface area contributed by atoms with E-state index >= 15 is 0 Å². The van der Waals surface area contributed by atoms with Gasteiger partial charge in [-0.3, -0.25) is 44.7 Å². The van der Waals surface area contributed by atoms with Gasteiger partial charge in [-0.2, -0.15) is 0 Å². The van der Waals surface area contributed by atoms with Crippen LogP contribution in [-0.2, 0) is 45.8 Å². The largest absolute Gasteiger partial charge is 0.466 e. The lowest BCUT2D eigenvalue weighted by molar-refractivity contribution is -0.385. The first-order valence-electron chi connectivity index (χ1n) is 15.6. The molecule has 0 heterocycles. The van der Waals surface area contributed by atoms with Gasteiger partial charge in [0.25, 0.3) is 17.1 Å². The molecule has 3 rings (SSSR count). The molecule has 1 N–H and O–H groups in total. The van der Waals surface area contributed by atoms with E-state index in [1.165, 1.54) is 36.4 Å². The first-order chi connectivity index (χ1) is 23.9. The number of carbonyl (C=O) groups excluding carboxylic acids is 3. The maximum absolute atomic E-state index is 11.7. The van der Waals surface area contributed by atoms with Gasteiger partial charge in [-0.25, -0.2) is 0 Å². The van der Waals surface area contributed by atoms with Crippen molar-refractivity contribution in [3.8, 4) is 0 Å². The quantitative estimate of drug-likeness (QED) is 0.0957. The molecule has 51 heavy (non-hydrogen) atoms. The van der Waals surface area contributed by atoms with Crippen molar-refractivity contribution < 1.29 is 48.5 Å². The van der Waals surface area contributed by atoms with Crippen LogP contribution in [0.1, 0.15) is 65.2 Å². The van der Waals surface area contributed by atoms with Crippen LogP contribution in [0, 0.1) is 30.3 Å². The summed E-state index contributed by atoms with van der Waals surface area (Å²) in [5, 5.41) is 38.4. The smallest absolute Gasteiger partial charge is 0.315 e. The predicted molar refractivity (Wildman–Crippen MR) is 187 cm³/mol. The van der Waals surface area contributed by atoms with Crippen molar-refractivity contribution in [2.75, 3.05) is 26.9 Å². The van der Waals surface area contributed by atoms with E-state index in [2.05, 4.69) is 0 Å². The minimum atomic E-state index is -0.800. The highest BCUT2D eigenvalue weighted by molar-refractivity contribution is 5.82. The molecule has 0 atom stereocenters. The van der Waals surface area contributed by atoms with Crippen molar-refractivity contribution in [2.45, 2.75) is 65.7 Å². The number of hydrogen-bond acceptors (Lipinski definition) is 13. The Balaban J connectivity index is 0.000000719. The Hall–Kier alpha value is -5.77. The Morgan fingerprint density at radius 3 is 1.08 bits per heavy atom. The highest BCUT2D eigenvalue weighted by Gasteiger charge is 2.32. The lowest BCUT2D eigenvalue weighted by Crippen LogP contribution is -2.31. The summed E-state index contributed by atoms with van der Waals surface area (Å²) in [7, 11) is 1.00. The SMILES string of the molecule is CCOC(=O)C(C)(C)c1ccc([N+](=O)[O-])cc1.CCOC(=O)C(C)(C)c1ccc([N+](=O)[O-])cc1.CCOC(=O)Cc1ccc([N+](=O)[O-])cc1.CO. The number of aliphatic hydroxyl groups excluding tert-OH is 1. The van der Waals surface area contributed by atoms with Crippen LogP contribution in [0.3, 0.4) is 0 Å². The number of benzene rings is 3. The molecule has 0 fully saturated rings. The fourth-order valence-electron chi connectivity index (χ4n) is 3.97. The van der Waals surface area contributed by atoms with Crippen LogP contribution in [-0.4, -0.2) is 64.7 Å². The van der Waals surface area contributed by atoms with Crippen LogP contribution in [0.25, 0.3) is 0 Å². The number of ether oxygens (including phenoxy) is 3. The van der Waals surface area contributed by atoms with E-state index in [4.69, 9.17) is 19.3 Å². The predicted octanol–water partition coefficient (Wildman–Crippen LogP) is 6.18. The van der Waals surface area contributed by atoms with Gasteiger partial charge in [0, 0.05) is 43.5 Å². The Kier molecular flexibility index (Phi) is 19.6. The monoisotopic (exact) mass is 715 g/mol. The van der Waals surface area contributed by atoms with E-state index in [-0.39, 0.29) is 41.4 Å². The number of rotatable bonds is 12. The minimum absolute atomic E-state index is 0.00779. The lowest BCUT2D eigenvalue weighted by Gasteiger charge is -2.22. The molecule has 3 aromatic rings. The fraction of sp³-hybridized carbons (Fsp3) is 0.400. The number of non-ortho nitro benzene ring substituents is 3. The number of aliphatic hydroxyl groups is 1. The summed E-state index contributed by atoms with van der Waals surface area (Å²) in [5.41, 5.74) is 0.530. The normalized spacial score (nSPS) is 10.3. The second-order valence-electron chi connectivity index (χ2n) is 11.2. The van der Waals surface area contributed by atoms with Crippen molar-refractivity contribution >= 4 is 35.0 Å². The molecule has 0 amide bonds. The molecule has 0 unspecified atom stereocenters. The average molecular weight is 716 g/mol. The van der Waals surface area contributed by atoms with Crippen molar-refractivity contribution in [3.05, 3.63) is 120 Å². The Bertz CT molecular complexity index is 1500. The van der Waals surface area contributed by atoms with E-state index in [0.29, 0.717) is 36.5 Å². The van der Waals surface area contributed by atoms with Gasteiger partial charge < -0.3 is 19.3 Å². The molecule has 278 valence electrons. The molecule has 0 radical (unpaired) electrons. The maximum atomic E-state index is 11.7. The Labute approximate surface area is 295 Å². The lowest BCUT2D eigenvalue weighted by atomic mass is 9.85. The molecular weight excluding hydrogens is 670 g/mol. The van der Waals surface area contributed by atoms with Gasteiger partial charge in [-0.05, 0) is 65.2 Å². The van der Waals surface area contributed by atoms with Crippen LogP contribution in [0.5, 0.6) is 0 Å². The van der Waals surface area contributed by atoms with Crippen molar-refractivity contribution in [3.63, 3.8) is 0 Å². The third kappa shape index (κ3) is 14.7. The molecule has 0 spiro atoms. The molecule has 0 aliphatic rings. The summed E-state index contributed by atoms with van der Waals surface area (Å²) in [6.07, 6.45) is 0.145. The summed E-state index contributed by atoms with van der Waals surface area (Å²) in [5.74, 6) is -1.01. The summed E-state index contributed by atoms with van der Waals surface area (Å²) in [4.78, 5) is 64.5. The van der Waals surface area contributed by atoms with Crippen molar-refractivity contribution in [2.24, 2.45) is 0 Å². The van der Waals surface area contributed by atoms with Gasteiger partial charge in [0.15, 0.2) is 0 Å². The van der Waals surface area contributed by atoms with Gasteiger partial charge in [0.1, 0.15) is 0 Å².